The molecule has 1 heterocycles. The zero-order valence-corrected chi connectivity index (χ0v) is 10.8. The van der Waals surface area contributed by atoms with Gasteiger partial charge in [-0.1, -0.05) is 12.1 Å². The largest absolute Gasteiger partial charge is 0.506 e. The number of nitrogens with one attached hydrogen (secondary N) is 1. The van der Waals surface area contributed by atoms with E-state index in [9.17, 15) is 9.90 Å². The summed E-state index contributed by atoms with van der Waals surface area (Å²) in [6, 6.07) is 13.3. The van der Waals surface area contributed by atoms with Crippen LogP contribution in [-0.4, -0.2) is 31.2 Å². The van der Waals surface area contributed by atoms with Crippen LogP contribution in [0, 0.1) is 0 Å². The molecule has 3 aromatic rings. The molecule has 104 valence electrons. The Labute approximate surface area is 119 Å². The van der Waals surface area contributed by atoms with E-state index in [4.69, 9.17) is 0 Å². The van der Waals surface area contributed by atoms with Crippen LogP contribution in [-0.2, 0) is 0 Å². The van der Waals surface area contributed by atoms with E-state index < -0.39 is 0 Å². The van der Waals surface area contributed by atoms with E-state index in [2.05, 4.69) is 20.8 Å². The van der Waals surface area contributed by atoms with Gasteiger partial charge in [0.15, 0.2) is 0 Å². The lowest BCUT2D eigenvalue weighted by atomic mass is 10.2. The van der Waals surface area contributed by atoms with Crippen molar-refractivity contribution >= 4 is 11.6 Å². The van der Waals surface area contributed by atoms with Crippen LogP contribution in [0.4, 0.5) is 5.69 Å². The van der Waals surface area contributed by atoms with Gasteiger partial charge < -0.3 is 10.4 Å². The molecule has 3 rings (SSSR count). The van der Waals surface area contributed by atoms with Crippen molar-refractivity contribution in [3.05, 3.63) is 60.4 Å². The van der Waals surface area contributed by atoms with Crippen molar-refractivity contribution in [3.63, 3.8) is 0 Å². The van der Waals surface area contributed by atoms with Crippen molar-refractivity contribution in [2.75, 3.05) is 5.32 Å². The molecule has 21 heavy (non-hydrogen) atoms. The summed E-state index contributed by atoms with van der Waals surface area (Å²) >= 11 is 0. The van der Waals surface area contributed by atoms with Crippen molar-refractivity contribution in [2.24, 2.45) is 0 Å². The van der Waals surface area contributed by atoms with Gasteiger partial charge in [-0.2, -0.15) is 0 Å². The zero-order valence-electron chi connectivity index (χ0n) is 10.8. The number of carbonyl (C=O) groups excluding carboxylic acids is 1. The molecule has 0 fully saturated rings. The fourth-order valence-electron chi connectivity index (χ4n) is 1.82. The number of hydrogen-bond donors (Lipinski definition) is 2. The van der Waals surface area contributed by atoms with Gasteiger partial charge in [0.1, 0.15) is 12.1 Å². The van der Waals surface area contributed by atoms with Crippen LogP contribution in [0.15, 0.2) is 54.9 Å². The first-order valence-electron chi connectivity index (χ1n) is 6.17. The molecule has 0 aliphatic heterocycles. The Bertz CT molecular complexity index is 753. The number of phenols is 1. The van der Waals surface area contributed by atoms with Crippen molar-refractivity contribution < 1.29 is 9.90 Å². The summed E-state index contributed by atoms with van der Waals surface area (Å²) in [5, 5.41) is 23.1. The summed E-state index contributed by atoms with van der Waals surface area (Å²) in [7, 11) is 0. The van der Waals surface area contributed by atoms with Gasteiger partial charge in [-0.05, 0) is 46.8 Å². The molecule has 1 aromatic heterocycles. The van der Waals surface area contributed by atoms with E-state index in [1.165, 1.54) is 17.1 Å². The fourth-order valence-corrected chi connectivity index (χ4v) is 1.82. The molecule has 7 heteroatoms. The number of rotatable bonds is 3. The van der Waals surface area contributed by atoms with Crippen LogP contribution in [0.1, 0.15) is 10.4 Å². The number of benzene rings is 2. The Morgan fingerprint density at radius 3 is 2.52 bits per heavy atom. The number of aromatic hydroxyl groups is 1. The summed E-state index contributed by atoms with van der Waals surface area (Å²) < 4.78 is 1.49. The maximum atomic E-state index is 12.1. The lowest BCUT2D eigenvalue weighted by molar-refractivity contribution is 0.102. The minimum Gasteiger partial charge on any atom is -0.506 e. The Kier molecular flexibility index (Phi) is 3.30. The van der Waals surface area contributed by atoms with Crippen molar-refractivity contribution in [3.8, 4) is 11.4 Å². The van der Waals surface area contributed by atoms with E-state index >= 15 is 0 Å². The minimum absolute atomic E-state index is 0.0242. The van der Waals surface area contributed by atoms with Crippen LogP contribution in [0.2, 0.25) is 0 Å². The predicted molar refractivity (Wildman–Crippen MR) is 75.2 cm³/mol. The maximum Gasteiger partial charge on any atom is 0.255 e. The summed E-state index contributed by atoms with van der Waals surface area (Å²) in [5.74, 6) is -0.282. The number of phenolic OH excluding ortho intramolecular Hbond substituents is 1. The van der Waals surface area contributed by atoms with Crippen molar-refractivity contribution in [2.45, 2.75) is 0 Å². The highest BCUT2D eigenvalue weighted by atomic mass is 16.3. The number of aromatic nitrogens is 4. The highest BCUT2D eigenvalue weighted by Crippen LogP contribution is 2.22. The molecule has 0 spiro atoms. The van der Waals surface area contributed by atoms with Gasteiger partial charge in [-0.15, -0.1) is 5.10 Å². The normalized spacial score (nSPS) is 10.3. The van der Waals surface area contributed by atoms with E-state index in [1.807, 2.05) is 0 Å². The molecule has 0 bridgehead atoms. The molecular formula is C14H11N5O2. The van der Waals surface area contributed by atoms with Crippen LogP contribution in [0.5, 0.6) is 5.75 Å². The van der Waals surface area contributed by atoms with Gasteiger partial charge in [-0.25, -0.2) is 4.68 Å². The molecule has 0 unspecified atom stereocenters. The Morgan fingerprint density at radius 2 is 1.86 bits per heavy atom. The van der Waals surface area contributed by atoms with Gasteiger partial charge in [0, 0.05) is 5.56 Å². The average molecular weight is 281 g/mol. The molecule has 0 saturated heterocycles. The maximum absolute atomic E-state index is 12.1. The van der Waals surface area contributed by atoms with Gasteiger partial charge in [0.2, 0.25) is 0 Å². The monoisotopic (exact) mass is 281 g/mol. The van der Waals surface area contributed by atoms with Crippen LogP contribution in [0.25, 0.3) is 5.69 Å². The second kappa shape index (κ2) is 5.41. The lowest BCUT2D eigenvalue weighted by Crippen LogP contribution is -2.12. The number of hydrogen-bond acceptors (Lipinski definition) is 5. The van der Waals surface area contributed by atoms with Gasteiger partial charge in [0.05, 0.1) is 11.4 Å². The fraction of sp³-hybridized carbons (Fsp3) is 0. The van der Waals surface area contributed by atoms with E-state index in [0.29, 0.717) is 11.3 Å². The molecule has 0 atom stereocenters. The summed E-state index contributed by atoms with van der Waals surface area (Å²) in [6.07, 6.45) is 1.47. The minimum atomic E-state index is -0.306. The van der Waals surface area contributed by atoms with Crippen LogP contribution >= 0.6 is 0 Å². The molecular weight excluding hydrogens is 270 g/mol. The predicted octanol–water partition coefficient (Wildman–Crippen LogP) is 1.62. The highest BCUT2D eigenvalue weighted by Gasteiger charge is 2.08. The molecule has 0 aliphatic carbocycles. The van der Waals surface area contributed by atoms with E-state index in [1.54, 1.807) is 42.5 Å². The molecule has 0 saturated carbocycles. The second-order valence-corrected chi connectivity index (χ2v) is 4.27. The number of nitrogens with zero attached hydrogens (tertiary/aromatic N) is 4. The SMILES string of the molecule is O=C(Nc1ccccc1O)c1ccc(-n2cnnn2)cc1. The number of para-hydroxylation sites is 2. The summed E-state index contributed by atoms with van der Waals surface area (Å²) in [4.78, 5) is 12.1. The Hall–Kier alpha value is -3.22. The smallest absolute Gasteiger partial charge is 0.255 e. The molecule has 0 aliphatic rings. The first-order chi connectivity index (χ1) is 10.2. The second-order valence-electron chi connectivity index (χ2n) is 4.27. The third-order valence-electron chi connectivity index (χ3n) is 2.90. The van der Waals surface area contributed by atoms with Gasteiger partial charge in [0.25, 0.3) is 5.91 Å². The quantitative estimate of drug-likeness (QED) is 0.712. The lowest BCUT2D eigenvalue weighted by Gasteiger charge is -2.07. The van der Waals surface area contributed by atoms with Gasteiger partial charge >= 0.3 is 0 Å². The van der Waals surface area contributed by atoms with Gasteiger partial charge in [-0.3, -0.25) is 4.79 Å². The first-order valence-corrected chi connectivity index (χ1v) is 6.17. The molecule has 1 amide bonds. The van der Waals surface area contributed by atoms with E-state index in [-0.39, 0.29) is 11.7 Å². The number of anilines is 1. The zero-order chi connectivity index (χ0) is 14.7. The average Bonchev–Trinajstić information content (AvgIpc) is 3.04. The summed E-state index contributed by atoms with van der Waals surface area (Å²) in [5.41, 5.74) is 1.58. The molecule has 2 N–H and O–H groups in total. The van der Waals surface area contributed by atoms with E-state index in [0.717, 1.165) is 5.69 Å². The summed E-state index contributed by atoms with van der Waals surface area (Å²) in [6.45, 7) is 0. The first kappa shape index (κ1) is 12.8. The van der Waals surface area contributed by atoms with Crippen molar-refractivity contribution in [1.29, 1.82) is 0 Å². The number of tetrazole rings is 1. The third kappa shape index (κ3) is 2.71. The highest BCUT2D eigenvalue weighted by molar-refractivity contribution is 6.05. The molecule has 7 nitrogen and oxygen atoms in total. The van der Waals surface area contributed by atoms with Crippen molar-refractivity contribution in [1.82, 2.24) is 20.2 Å². The topological polar surface area (TPSA) is 92.9 Å². The Balaban J connectivity index is 1.78. The van der Waals surface area contributed by atoms with Crippen LogP contribution in [0.3, 0.4) is 0 Å². The molecule has 0 radical (unpaired) electrons. The molecule has 2 aromatic carbocycles. The standard InChI is InChI=1S/C14H11N5O2/c20-13-4-2-1-3-12(13)16-14(21)10-5-7-11(8-6-10)19-9-15-17-18-19/h1-9,20H,(H,16,21). The third-order valence-corrected chi connectivity index (χ3v) is 2.90. The Morgan fingerprint density at radius 1 is 1.10 bits per heavy atom. The number of amides is 1. The number of carbonyl (C=O) groups is 1. The van der Waals surface area contributed by atoms with Crippen LogP contribution < -0.4 is 5.32 Å².